The van der Waals surface area contributed by atoms with E-state index in [0.29, 0.717) is 6.04 Å². The van der Waals surface area contributed by atoms with Gasteiger partial charge >= 0.3 is 0 Å². The van der Waals surface area contributed by atoms with Crippen LogP contribution in [-0.2, 0) is 0 Å². The first kappa shape index (κ1) is 12.1. The summed E-state index contributed by atoms with van der Waals surface area (Å²) in [5.41, 5.74) is 2.46. The van der Waals surface area contributed by atoms with E-state index in [2.05, 4.69) is 53.5 Å². The molecule has 0 spiro atoms. The number of benzene rings is 1. The predicted molar refractivity (Wildman–Crippen MR) is 78.1 cm³/mol. The highest BCUT2D eigenvalue weighted by atomic mass is 15.1. The minimum Gasteiger partial charge on any atom is -0.370 e. The molecule has 1 aliphatic carbocycles. The zero-order valence-electron chi connectivity index (χ0n) is 11.3. The highest BCUT2D eigenvalue weighted by Crippen LogP contribution is 2.32. The molecule has 1 saturated carbocycles. The molecule has 2 aromatic rings. The fourth-order valence-electron chi connectivity index (χ4n) is 3.14. The molecule has 1 aliphatic rings. The Morgan fingerprint density at radius 3 is 2.68 bits per heavy atom. The van der Waals surface area contributed by atoms with E-state index in [9.17, 15) is 0 Å². The van der Waals surface area contributed by atoms with Gasteiger partial charge in [0.05, 0.1) is 11.8 Å². The monoisotopic (exact) mass is 253 g/mol. The highest BCUT2D eigenvalue weighted by molar-refractivity contribution is 5.92. The maximum absolute atomic E-state index is 8.97. The van der Waals surface area contributed by atoms with E-state index in [1.165, 1.54) is 16.6 Å². The minimum absolute atomic E-state index is 0.271. The second-order valence-electron chi connectivity index (χ2n) is 5.46. The topological polar surface area (TPSA) is 42.8 Å². The summed E-state index contributed by atoms with van der Waals surface area (Å²) in [6.45, 7) is 0. The molecule has 0 atom stereocenters. The molecule has 0 saturated heterocycles. The molecule has 19 heavy (non-hydrogen) atoms. The Morgan fingerprint density at radius 1 is 1.21 bits per heavy atom. The maximum Gasteiger partial charge on any atom is 0.0655 e. The van der Waals surface area contributed by atoms with E-state index in [1.54, 1.807) is 0 Å². The number of rotatable bonds is 2. The molecule has 98 valence electrons. The largest absolute Gasteiger partial charge is 0.370 e. The Labute approximate surface area is 113 Å². The summed E-state index contributed by atoms with van der Waals surface area (Å²) in [5.74, 6) is 0.271. The van der Waals surface area contributed by atoms with Gasteiger partial charge in [0.25, 0.3) is 0 Å². The zero-order valence-corrected chi connectivity index (χ0v) is 11.3. The fourth-order valence-corrected chi connectivity index (χ4v) is 3.14. The smallest absolute Gasteiger partial charge is 0.0655 e. The van der Waals surface area contributed by atoms with E-state index in [1.807, 2.05) is 0 Å². The Kier molecular flexibility index (Phi) is 3.16. The zero-order chi connectivity index (χ0) is 13.2. The number of aromatic nitrogens is 1. The summed E-state index contributed by atoms with van der Waals surface area (Å²) < 4.78 is 0. The Morgan fingerprint density at radius 2 is 1.95 bits per heavy atom. The summed E-state index contributed by atoms with van der Waals surface area (Å²) in [7, 11) is 2.17. The first-order valence-corrected chi connectivity index (χ1v) is 6.98. The Balaban J connectivity index is 1.81. The van der Waals surface area contributed by atoms with E-state index in [0.717, 1.165) is 25.7 Å². The number of anilines is 1. The number of nitrogens with one attached hydrogen (secondary N) is 1. The lowest BCUT2D eigenvalue weighted by molar-refractivity contribution is 0.372. The van der Waals surface area contributed by atoms with Crippen LogP contribution in [0.3, 0.4) is 0 Å². The third-order valence-electron chi connectivity index (χ3n) is 4.37. The van der Waals surface area contributed by atoms with Gasteiger partial charge in [0, 0.05) is 36.1 Å². The quantitative estimate of drug-likeness (QED) is 0.887. The van der Waals surface area contributed by atoms with Crippen molar-refractivity contribution in [3.05, 3.63) is 30.5 Å². The van der Waals surface area contributed by atoms with Gasteiger partial charge in [-0.05, 0) is 31.7 Å². The van der Waals surface area contributed by atoms with Crippen molar-refractivity contribution in [2.75, 3.05) is 11.9 Å². The van der Waals surface area contributed by atoms with Gasteiger partial charge in [-0.1, -0.05) is 18.2 Å². The lowest BCUT2D eigenvalue weighted by atomic mass is 9.86. The third kappa shape index (κ3) is 2.19. The van der Waals surface area contributed by atoms with Crippen molar-refractivity contribution in [3.63, 3.8) is 0 Å². The number of hydrogen-bond donors (Lipinski definition) is 1. The van der Waals surface area contributed by atoms with E-state index in [4.69, 9.17) is 5.26 Å². The molecule has 3 rings (SSSR count). The van der Waals surface area contributed by atoms with Crippen molar-refractivity contribution in [2.45, 2.75) is 31.7 Å². The van der Waals surface area contributed by atoms with E-state index < -0.39 is 0 Å². The molecule has 0 unspecified atom stereocenters. The number of aromatic amines is 1. The van der Waals surface area contributed by atoms with Gasteiger partial charge in [0.15, 0.2) is 0 Å². The van der Waals surface area contributed by atoms with Crippen LogP contribution in [0.25, 0.3) is 10.9 Å². The SMILES string of the molecule is CN(c1c[nH]c2ccccc12)C1CCC(C#N)CC1. The predicted octanol–water partition coefficient (Wildman–Crippen LogP) is 3.69. The summed E-state index contributed by atoms with van der Waals surface area (Å²) in [4.78, 5) is 5.72. The summed E-state index contributed by atoms with van der Waals surface area (Å²) >= 11 is 0. The van der Waals surface area contributed by atoms with Crippen LogP contribution in [0.5, 0.6) is 0 Å². The van der Waals surface area contributed by atoms with Gasteiger partial charge in [-0.2, -0.15) is 5.26 Å². The van der Waals surface area contributed by atoms with Crippen LogP contribution in [-0.4, -0.2) is 18.1 Å². The number of nitriles is 1. The average Bonchev–Trinajstić information content (AvgIpc) is 2.90. The molecular formula is C16H19N3. The van der Waals surface area contributed by atoms with Gasteiger partial charge in [0.2, 0.25) is 0 Å². The van der Waals surface area contributed by atoms with Crippen LogP contribution >= 0.6 is 0 Å². The Hall–Kier alpha value is -1.95. The molecule has 1 heterocycles. The van der Waals surface area contributed by atoms with Crippen LogP contribution in [0.4, 0.5) is 5.69 Å². The fraction of sp³-hybridized carbons (Fsp3) is 0.438. The lowest BCUT2D eigenvalue weighted by Gasteiger charge is -2.34. The summed E-state index contributed by atoms with van der Waals surface area (Å²) in [6.07, 6.45) is 6.41. The number of nitrogens with zero attached hydrogens (tertiary/aromatic N) is 2. The van der Waals surface area contributed by atoms with Crippen molar-refractivity contribution in [2.24, 2.45) is 5.92 Å². The summed E-state index contributed by atoms with van der Waals surface area (Å²) in [6, 6.07) is 11.4. The van der Waals surface area contributed by atoms with E-state index in [-0.39, 0.29) is 5.92 Å². The van der Waals surface area contributed by atoms with Gasteiger partial charge in [-0.15, -0.1) is 0 Å². The second kappa shape index (κ2) is 4.97. The normalized spacial score (nSPS) is 23.2. The number of hydrogen-bond acceptors (Lipinski definition) is 2. The second-order valence-corrected chi connectivity index (χ2v) is 5.46. The van der Waals surface area contributed by atoms with Crippen molar-refractivity contribution in [3.8, 4) is 6.07 Å². The van der Waals surface area contributed by atoms with Crippen LogP contribution in [0, 0.1) is 17.2 Å². The number of H-pyrrole nitrogens is 1. The minimum atomic E-state index is 0.271. The molecular weight excluding hydrogens is 234 g/mol. The maximum atomic E-state index is 8.97. The molecule has 0 radical (unpaired) electrons. The molecule has 0 amide bonds. The highest BCUT2D eigenvalue weighted by Gasteiger charge is 2.25. The van der Waals surface area contributed by atoms with Gasteiger partial charge in [0.1, 0.15) is 0 Å². The standard InChI is InChI=1S/C16H19N3/c1-19(13-8-6-12(10-17)7-9-13)16-11-18-15-5-3-2-4-14(15)16/h2-5,11-13,18H,6-9H2,1H3. The molecule has 3 heteroatoms. The first-order valence-electron chi connectivity index (χ1n) is 6.98. The molecule has 1 aromatic heterocycles. The number of para-hydroxylation sites is 1. The van der Waals surface area contributed by atoms with Crippen molar-refractivity contribution < 1.29 is 0 Å². The molecule has 0 bridgehead atoms. The van der Waals surface area contributed by atoms with Crippen LogP contribution in [0.2, 0.25) is 0 Å². The lowest BCUT2D eigenvalue weighted by Crippen LogP contribution is -2.34. The van der Waals surface area contributed by atoms with Crippen molar-refractivity contribution >= 4 is 16.6 Å². The first-order chi connectivity index (χ1) is 9.29. The molecule has 1 fully saturated rings. The van der Waals surface area contributed by atoms with Crippen LogP contribution < -0.4 is 4.90 Å². The van der Waals surface area contributed by atoms with Gasteiger partial charge < -0.3 is 9.88 Å². The van der Waals surface area contributed by atoms with Gasteiger partial charge in [-0.3, -0.25) is 0 Å². The molecule has 3 nitrogen and oxygen atoms in total. The van der Waals surface area contributed by atoms with E-state index >= 15 is 0 Å². The molecule has 0 aliphatic heterocycles. The number of fused-ring (bicyclic) bond motifs is 1. The summed E-state index contributed by atoms with van der Waals surface area (Å²) in [5, 5.41) is 10.3. The Bertz CT molecular complexity index is 600. The van der Waals surface area contributed by atoms with Crippen molar-refractivity contribution in [1.82, 2.24) is 4.98 Å². The van der Waals surface area contributed by atoms with Crippen LogP contribution in [0.1, 0.15) is 25.7 Å². The molecule has 1 N–H and O–H groups in total. The van der Waals surface area contributed by atoms with Crippen molar-refractivity contribution in [1.29, 1.82) is 5.26 Å². The van der Waals surface area contributed by atoms with Gasteiger partial charge in [-0.25, -0.2) is 0 Å². The molecule has 1 aromatic carbocycles. The van der Waals surface area contributed by atoms with Crippen LogP contribution in [0.15, 0.2) is 30.5 Å². The third-order valence-corrected chi connectivity index (χ3v) is 4.37. The average molecular weight is 253 g/mol.